The van der Waals surface area contributed by atoms with E-state index in [1.54, 1.807) is 0 Å². The molecule has 1 aliphatic carbocycles. The Kier molecular flexibility index (Phi) is 3.63. The average molecular weight is 316 g/mol. The first-order chi connectivity index (χ1) is 10.9. The van der Waals surface area contributed by atoms with Crippen molar-refractivity contribution in [3.8, 4) is 0 Å². The molecule has 0 unspecified atom stereocenters. The molecule has 0 saturated heterocycles. The minimum atomic E-state index is -1.43. The summed E-state index contributed by atoms with van der Waals surface area (Å²) in [6, 6.07) is 2.33. The van der Waals surface area contributed by atoms with E-state index in [1.165, 1.54) is 13.0 Å². The van der Waals surface area contributed by atoms with Crippen LogP contribution in [0.3, 0.4) is 0 Å². The number of nitrogens with one attached hydrogen (secondary N) is 1. The summed E-state index contributed by atoms with van der Waals surface area (Å²) < 4.78 is 13.6. The number of ketones is 3. The summed E-state index contributed by atoms with van der Waals surface area (Å²) in [7, 11) is 0. The Morgan fingerprint density at radius 2 is 1.87 bits per heavy atom. The van der Waals surface area contributed by atoms with Crippen molar-refractivity contribution >= 4 is 28.4 Å². The van der Waals surface area contributed by atoms with Crippen LogP contribution in [0.2, 0.25) is 0 Å². The number of rotatable bonds is 2. The van der Waals surface area contributed by atoms with Crippen molar-refractivity contribution in [2.24, 2.45) is 5.92 Å². The van der Waals surface area contributed by atoms with Crippen LogP contribution in [0.5, 0.6) is 0 Å². The summed E-state index contributed by atoms with van der Waals surface area (Å²) in [6.07, 6.45) is 0.704. The van der Waals surface area contributed by atoms with Gasteiger partial charge in [0.05, 0.1) is 11.3 Å². The van der Waals surface area contributed by atoms with E-state index in [2.05, 4.69) is 9.97 Å². The number of aryl methyl sites for hydroxylation is 1. The number of hydrogen-bond donors (Lipinski definition) is 1. The number of nitrogens with zero attached hydrogens (tertiary/aromatic N) is 1. The second-order valence-electron chi connectivity index (χ2n) is 5.59. The SMILES string of the molecule is Cc1nc2[nH]c(=O)c(C(=O)C3C(=O)CCCC3=O)cc2cc1F. The molecule has 0 spiro atoms. The molecule has 118 valence electrons. The summed E-state index contributed by atoms with van der Waals surface area (Å²) in [6.45, 7) is 1.45. The molecule has 1 aliphatic rings. The number of carbonyl (C=O) groups excluding carboxylic acids is 3. The topological polar surface area (TPSA) is 97.0 Å². The fourth-order valence-electron chi connectivity index (χ4n) is 2.74. The molecule has 23 heavy (non-hydrogen) atoms. The van der Waals surface area contributed by atoms with Gasteiger partial charge in [-0.2, -0.15) is 0 Å². The van der Waals surface area contributed by atoms with E-state index in [9.17, 15) is 23.6 Å². The Hall–Kier alpha value is -2.70. The normalized spacial score (nSPS) is 16.1. The fraction of sp³-hybridized carbons (Fsp3) is 0.312. The van der Waals surface area contributed by atoms with Gasteiger partial charge in [-0.15, -0.1) is 0 Å². The smallest absolute Gasteiger partial charge is 0.260 e. The van der Waals surface area contributed by atoms with Crippen LogP contribution in [0, 0.1) is 18.7 Å². The van der Waals surface area contributed by atoms with Crippen LogP contribution >= 0.6 is 0 Å². The lowest BCUT2D eigenvalue weighted by atomic mass is 9.82. The van der Waals surface area contributed by atoms with Crippen LogP contribution in [0.4, 0.5) is 4.39 Å². The maximum absolute atomic E-state index is 13.6. The predicted octanol–water partition coefficient (Wildman–Crippen LogP) is 1.49. The molecule has 0 amide bonds. The second kappa shape index (κ2) is 5.49. The van der Waals surface area contributed by atoms with Gasteiger partial charge in [0.2, 0.25) is 0 Å². The highest BCUT2D eigenvalue weighted by atomic mass is 19.1. The molecule has 2 aromatic rings. The van der Waals surface area contributed by atoms with E-state index in [1.807, 2.05) is 0 Å². The number of aromatic amines is 1. The summed E-state index contributed by atoms with van der Waals surface area (Å²) in [4.78, 5) is 54.6. The molecule has 2 aromatic heterocycles. The van der Waals surface area contributed by atoms with E-state index >= 15 is 0 Å². The molecule has 0 radical (unpaired) electrons. The molecule has 1 saturated carbocycles. The van der Waals surface area contributed by atoms with Crippen LogP contribution in [0.1, 0.15) is 35.3 Å². The quantitative estimate of drug-likeness (QED) is 0.669. The predicted molar refractivity (Wildman–Crippen MR) is 78.7 cm³/mol. The minimum Gasteiger partial charge on any atom is -0.306 e. The monoisotopic (exact) mass is 316 g/mol. The Morgan fingerprint density at radius 1 is 1.22 bits per heavy atom. The summed E-state index contributed by atoms with van der Waals surface area (Å²) in [5, 5.41) is 0.228. The highest BCUT2D eigenvalue weighted by Gasteiger charge is 2.37. The minimum absolute atomic E-state index is 0.116. The van der Waals surface area contributed by atoms with Crippen molar-refractivity contribution in [1.82, 2.24) is 9.97 Å². The van der Waals surface area contributed by atoms with E-state index in [-0.39, 0.29) is 35.1 Å². The molecular weight excluding hydrogens is 303 g/mol. The molecular formula is C16H13FN2O4. The lowest BCUT2D eigenvalue weighted by Gasteiger charge is -2.17. The van der Waals surface area contributed by atoms with E-state index in [0.717, 1.165) is 6.07 Å². The largest absolute Gasteiger partial charge is 0.306 e. The van der Waals surface area contributed by atoms with Crippen molar-refractivity contribution in [3.05, 3.63) is 39.6 Å². The fourth-order valence-corrected chi connectivity index (χ4v) is 2.74. The maximum Gasteiger partial charge on any atom is 0.260 e. The van der Waals surface area contributed by atoms with Crippen LogP contribution in [0.25, 0.3) is 11.0 Å². The zero-order chi connectivity index (χ0) is 16.7. The number of aromatic nitrogens is 2. The number of halogens is 1. The molecule has 0 aromatic carbocycles. The van der Waals surface area contributed by atoms with Crippen molar-refractivity contribution in [3.63, 3.8) is 0 Å². The van der Waals surface area contributed by atoms with E-state index in [4.69, 9.17) is 0 Å². The Bertz CT molecular complexity index is 900. The molecule has 1 fully saturated rings. The summed E-state index contributed by atoms with van der Waals surface area (Å²) in [5.41, 5.74) is -0.806. The molecule has 0 bridgehead atoms. The number of carbonyl (C=O) groups is 3. The number of pyridine rings is 2. The highest BCUT2D eigenvalue weighted by molar-refractivity contribution is 6.25. The van der Waals surface area contributed by atoms with Crippen molar-refractivity contribution in [2.75, 3.05) is 0 Å². The first-order valence-corrected chi connectivity index (χ1v) is 7.18. The molecule has 3 rings (SSSR count). The second-order valence-corrected chi connectivity index (χ2v) is 5.59. The van der Waals surface area contributed by atoms with E-state index < -0.39 is 34.6 Å². The molecule has 0 atom stereocenters. The van der Waals surface area contributed by atoms with Crippen LogP contribution in [-0.2, 0) is 9.59 Å². The van der Waals surface area contributed by atoms with Gasteiger partial charge < -0.3 is 4.98 Å². The van der Waals surface area contributed by atoms with Gasteiger partial charge in [-0.1, -0.05) is 0 Å². The van der Waals surface area contributed by atoms with Crippen LogP contribution in [-0.4, -0.2) is 27.3 Å². The van der Waals surface area contributed by atoms with Gasteiger partial charge in [0.15, 0.2) is 17.3 Å². The van der Waals surface area contributed by atoms with Gasteiger partial charge in [-0.25, -0.2) is 9.37 Å². The van der Waals surface area contributed by atoms with Crippen molar-refractivity contribution in [2.45, 2.75) is 26.2 Å². The molecule has 1 N–H and O–H groups in total. The third-order valence-corrected chi connectivity index (χ3v) is 3.98. The molecule has 2 heterocycles. The lowest BCUT2D eigenvalue weighted by Crippen LogP contribution is -2.37. The van der Waals surface area contributed by atoms with Crippen LogP contribution in [0.15, 0.2) is 16.9 Å². The third-order valence-electron chi connectivity index (χ3n) is 3.98. The summed E-state index contributed by atoms with van der Waals surface area (Å²) in [5.74, 6) is -3.78. The zero-order valence-corrected chi connectivity index (χ0v) is 12.3. The van der Waals surface area contributed by atoms with Gasteiger partial charge in [0.25, 0.3) is 5.56 Å². The first-order valence-electron chi connectivity index (χ1n) is 7.18. The number of Topliss-reactive ketones (excluding diaryl/α,β-unsaturated/α-hetero) is 3. The molecule has 6 nitrogen and oxygen atoms in total. The first kappa shape index (κ1) is 15.2. The highest BCUT2D eigenvalue weighted by Crippen LogP contribution is 2.22. The Balaban J connectivity index is 2.12. The molecule has 0 aliphatic heterocycles. The Morgan fingerprint density at radius 3 is 2.52 bits per heavy atom. The third kappa shape index (κ3) is 2.58. The van der Waals surface area contributed by atoms with Gasteiger partial charge in [-0.05, 0) is 25.5 Å². The summed E-state index contributed by atoms with van der Waals surface area (Å²) >= 11 is 0. The average Bonchev–Trinajstić information content (AvgIpc) is 2.48. The van der Waals surface area contributed by atoms with Crippen molar-refractivity contribution < 1.29 is 18.8 Å². The van der Waals surface area contributed by atoms with Crippen molar-refractivity contribution in [1.29, 1.82) is 0 Å². The number of hydrogen-bond acceptors (Lipinski definition) is 5. The van der Waals surface area contributed by atoms with Crippen LogP contribution < -0.4 is 5.56 Å². The zero-order valence-electron chi connectivity index (χ0n) is 12.3. The number of H-pyrrole nitrogens is 1. The van der Waals surface area contributed by atoms with Gasteiger partial charge in [0, 0.05) is 18.2 Å². The maximum atomic E-state index is 13.6. The Labute approximate surface area is 129 Å². The molecule has 7 heteroatoms. The standard InChI is InChI=1S/C16H13FN2O4/c1-7-10(17)6-8-5-9(16(23)19-15(8)18-7)14(22)13-11(20)3-2-4-12(13)21/h5-6,13H,2-4H2,1H3,(H,18,19,23). The van der Waals surface area contributed by atoms with E-state index in [0.29, 0.717) is 6.42 Å². The van der Waals surface area contributed by atoms with Gasteiger partial charge >= 0.3 is 0 Å². The number of fused-ring (bicyclic) bond motifs is 1. The lowest BCUT2D eigenvalue weighted by molar-refractivity contribution is -0.133. The van der Waals surface area contributed by atoms with Gasteiger partial charge in [0.1, 0.15) is 17.4 Å². The van der Waals surface area contributed by atoms with Gasteiger partial charge in [-0.3, -0.25) is 19.2 Å².